The highest BCUT2D eigenvalue weighted by Gasteiger charge is 2.48. The monoisotopic (exact) mass is 651 g/mol. The summed E-state index contributed by atoms with van der Waals surface area (Å²) in [6.45, 7) is -0.00816. The molecule has 3 aromatic rings. The number of nitrogens with one attached hydrogen (secondary N) is 2. The van der Waals surface area contributed by atoms with E-state index >= 15 is 0 Å². The van der Waals surface area contributed by atoms with E-state index in [-0.39, 0.29) is 30.8 Å². The lowest BCUT2D eigenvalue weighted by Gasteiger charge is -2.16. The van der Waals surface area contributed by atoms with Gasteiger partial charge in [0.1, 0.15) is 18.2 Å². The number of hydrogen-bond acceptors (Lipinski definition) is 9. The number of halogens is 6. The van der Waals surface area contributed by atoms with Crippen molar-refractivity contribution >= 4 is 34.9 Å². The third kappa shape index (κ3) is 5.82. The van der Waals surface area contributed by atoms with Gasteiger partial charge in [0.05, 0.1) is 41.6 Å². The van der Waals surface area contributed by atoms with Crippen LogP contribution >= 0.6 is 0 Å². The number of oxime groups is 1. The van der Waals surface area contributed by atoms with Gasteiger partial charge in [0.25, 0.3) is 11.8 Å². The van der Waals surface area contributed by atoms with Gasteiger partial charge in [0, 0.05) is 23.7 Å². The zero-order chi connectivity index (χ0) is 33.0. The number of amides is 2. The zero-order valence-electron chi connectivity index (χ0n) is 23.2. The van der Waals surface area contributed by atoms with Gasteiger partial charge >= 0.3 is 18.4 Å². The van der Waals surface area contributed by atoms with Gasteiger partial charge in [-0.05, 0) is 42.5 Å². The highest BCUT2D eigenvalue weighted by atomic mass is 19.4. The smallest absolute Gasteiger partial charge is 0.496 e. The first-order valence-corrected chi connectivity index (χ1v) is 13.2. The number of benzene rings is 3. The first-order valence-electron chi connectivity index (χ1n) is 13.2. The summed E-state index contributed by atoms with van der Waals surface area (Å²) in [6, 6.07) is 7.73. The van der Waals surface area contributed by atoms with Crippen LogP contribution < -0.4 is 24.8 Å². The number of nitrogens with zero attached hydrogens (tertiary/aromatic N) is 1. The van der Waals surface area contributed by atoms with Crippen molar-refractivity contribution in [1.82, 2.24) is 0 Å². The maximum absolute atomic E-state index is 13.9. The minimum atomic E-state index is -5.08. The number of anilines is 2. The second-order valence-corrected chi connectivity index (χ2v) is 10.4. The molecule has 3 heterocycles. The molecule has 240 valence electrons. The van der Waals surface area contributed by atoms with E-state index in [1.54, 1.807) is 6.07 Å². The number of esters is 1. The molecule has 2 amide bonds. The number of methoxy groups -OCH3 is 1. The van der Waals surface area contributed by atoms with E-state index in [2.05, 4.69) is 25.3 Å². The quantitative estimate of drug-likeness (QED) is 0.264. The van der Waals surface area contributed by atoms with Gasteiger partial charge in [-0.15, -0.1) is 8.78 Å². The molecule has 1 atom stereocenters. The van der Waals surface area contributed by atoms with Gasteiger partial charge in [-0.3, -0.25) is 14.4 Å². The summed E-state index contributed by atoms with van der Waals surface area (Å²) in [6.07, 6.45) is -9.04. The molecule has 1 spiro atoms. The molecule has 6 rings (SSSR count). The number of rotatable bonds is 6. The summed E-state index contributed by atoms with van der Waals surface area (Å²) in [7, 11) is 1.28. The third-order valence-electron chi connectivity index (χ3n) is 7.14. The van der Waals surface area contributed by atoms with Gasteiger partial charge in [-0.1, -0.05) is 5.16 Å². The fourth-order valence-corrected chi connectivity index (χ4v) is 4.99. The van der Waals surface area contributed by atoms with E-state index in [4.69, 9.17) is 14.3 Å². The normalized spacial score (nSPS) is 19.4. The van der Waals surface area contributed by atoms with Crippen molar-refractivity contribution in [1.29, 1.82) is 0 Å². The molecule has 1 saturated heterocycles. The fraction of sp³-hybridized carbons (Fsp3) is 0.241. The first kappa shape index (κ1) is 30.5. The molecule has 17 heteroatoms. The topological polar surface area (TPSA) is 134 Å². The average Bonchev–Trinajstić information content (AvgIpc) is 3.67. The zero-order valence-corrected chi connectivity index (χ0v) is 23.2. The van der Waals surface area contributed by atoms with Crippen LogP contribution in [0.5, 0.6) is 17.2 Å². The Labute approximate surface area is 254 Å². The Kier molecular flexibility index (Phi) is 7.20. The van der Waals surface area contributed by atoms with Crippen LogP contribution in [-0.2, 0) is 20.5 Å². The summed E-state index contributed by atoms with van der Waals surface area (Å²) < 4.78 is 100. The Hall–Kier alpha value is -5.48. The Morgan fingerprint density at radius 1 is 0.935 bits per heavy atom. The highest BCUT2D eigenvalue weighted by Crippen LogP contribution is 2.44. The lowest BCUT2D eigenvalue weighted by molar-refractivity contribution is -0.286. The second kappa shape index (κ2) is 10.8. The molecule has 11 nitrogen and oxygen atoms in total. The molecule has 0 aromatic heterocycles. The van der Waals surface area contributed by atoms with Crippen LogP contribution in [0.1, 0.15) is 44.7 Å². The predicted molar refractivity (Wildman–Crippen MR) is 143 cm³/mol. The molecule has 1 unspecified atom stereocenters. The minimum Gasteiger partial charge on any atom is -0.496 e. The Morgan fingerprint density at radius 2 is 1.65 bits per heavy atom. The van der Waals surface area contributed by atoms with Gasteiger partial charge in [-0.25, -0.2) is 4.39 Å². The van der Waals surface area contributed by atoms with Crippen molar-refractivity contribution in [2.24, 2.45) is 5.16 Å². The molecule has 1 fully saturated rings. The van der Waals surface area contributed by atoms with E-state index < -0.39 is 75.7 Å². The van der Waals surface area contributed by atoms with Gasteiger partial charge in [0.15, 0.2) is 17.1 Å². The third-order valence-corrected chi connectivity index (χ3v) is 7.14. The van der Waals surface area contributed by atoms with Crippen LogP contribution in [0.2, 0.25) is 0 Å². The Balaban J connectivity index is 1.31. The Bertz CT molecular complexity index is 1830. The summed E-state index contributed by atoms with van der Waals surface area (Å²) in [5.41, 5.74) is -3.37. The Morgan fingerprint density at radius 3 is 2.33 bits per heavy atom. The fourth-order valence-electron chi connectivity index (χ4n) is 4.99. The number of carbonyl (C=O) groups is 3. The first-order chi connectivity index (χ1) is 21.6. The summed E-state index contributed by atoms with van der Waals surface area (Å²) in [5, 5.41) is 8.57. The maximum Gasteiger partial charge on any atom is 0.586 e. The molecule has 0 radical (unpaired) electrons. The molecule has 0 aliphatic carbocycles. The van der Waals surface area contributed by atoms with Crippen LogP contribution in [0.4, 0.5) is 37.7 Å². The minimum absolute atomic E-state index is 0.00816. The average molecular weight is 651 g/mol. The number of alkyl halides is 5. The lowest BCUT2D eigenvalue weighted by Crippen LogP contribution is -2.29. The predicted octanol–water partition coefficient (Wildman–Crippen LogP) is 5.49. The summed E-state index contributed by atoms with van der Waals surface area (Å²) >= 11 is 0. The molecule has 3 aliphatic heterocycles. The molecular weight excluding hydrogens is 632 g/mol. The van der Waals surface area contributed by atoms with E-state index in [1.165, 1.54) is 19.2 Å². The van der Waals surface area contributed by atoms with Crippen LogP contribution in [0, 0.1) is 5.82 Å². The van der Waals surface area contributed by atoms with Crippen molar-refractivity contribution in [2.75, 3.05) is 24.4 Å². The summed E-state index contributed by atoms with van der Waals surface area (Å²) in [4.78, 5) is 43.9. The SMILES string of the molecule is COc1ccc(C2=NOC3(COC(=O)C3)C2)cc1C(=O)Nc1cc2c(cc1C(=O)Nc1ccc(F)c(C(F)(F)F)c1)OC(F)(F)O2. The highest BCUT2D eigenvalue weighted by molar-refractivity contribution is 6.14. The molecule has 46 heavy (non-hydrogen) atoms. The number of hydrogen-bond donors (Lipinski definition) is 2. The van der Waals surface area contributed by atoms with E-state index in [1.807, 2.05) is 0 Å². The maximum atomic E-state index is 13.9. The lowest BCUT2D eigenvalue weighted by atomic mass is 9.92. The van der Waals surface area contributed by atoms with Gasteiger partial charge in [-0.2, -0.15) is 13.2 Å². The molecule has 0 saturated carbocycles. The van der Waals surface area contributed by atoms with Crippen molar-refractivity contribution in [3.63, 3.8) is 0 Å². The molecular formula is C29H19F6N3O8. The van der Waals surface area contributed by atoms with Gasteiger partial charge in [0.2, 0.25) is 0 Å². The van der Waals surface area contributed by atoms with Crippen LogP contribution in [0.15, 0.2) is 53.7 Å². The van der Waals surface area contributed by atoms with Gasteiger partial charge < -0.3 is 34.4 Å². The summed E-state index contributed by atoms with van der Waals surface area (Å²) in [5.74, 6) is -5.23. The van der Waals surface area contributed by atoms with Crippen molar-refractivity contribution in [3.05, 3.63) is 76.6 Å². The van der Waals surface area contributed by atoms with E-state index in [0.717, 1.165) is 18.2 Å². The standard InChI is InChI=1S/C29H19F6N3O8/c1-42-21-5-2-13(20-10-27(46-38-20)11-24(39)43-12-27)6-16(21)26(41)37-19-9-23-22(44-29(34,35)45-23)8-15(19)25(40)36-14-3-4-18(30)17(7-14)28(31,32)33/h2-9H,10-12H2,1H3,(H,36,40)(H,37,41). The van der Waals surface area contributed by atoms with Crippen molar-refractivity contribution in [2.45, 2.75) is 30.9 Å². The molecule has 3 aliphatic rings. The molecule has 3 aromatic carbocycles. The second-order valence-electron chi connectivity index (χ2n) is 10.4. The number of carbonyl (C=O) groups excluding carboxylic acids is 3. The van der Waals surface area contributed by atoms with E-state index in [0.29, 0.717) is 23.4 Å². The van der Waals surface area contributed by atoms with E-state index in [9.17, 15) is 40.7 Å². The number of ether oxygens (including phenoxy) is 4. The van der Waals surface area contributed by atoms with Crippen molar-refractivity contribution < 1.29 is 64.5 Å². The van der Waals surface area contributed by atoms with Crippen LogP contribution in [0.3, 0.4) is 0 Å². The van der Waals surface area contributed by atoms with Crippen LogP contribution in [-0.4, -0.2) is 49.1 Å². The number of cyclic esters (lactones) is 1. The van der Waals surface area contributed by atoms with Crippen LogP contribution in [0.25, 0.3) is 0 Å². The molecule has 0 bridgehead atoms. The number of fused-ring (bicyclic) bond motifs is 1. The van der Waals surface area contributed by atoms with Crippen molar-refractivity contribution in [3.8, 4) is 17.2 Å². The molecule has 2 N–H and O–H groups in total. The largest absolute Gasteiger partial charge is 0.586 e.